The predicted octanol–water partition coefficient (Wildman–Crippen LogP) is 1.95. The van der Waals surface area contributed by atoms with Gasteiger partial charge in [-0.25, -0.2) is 0 Å². The van der Waals surface area contributed by atoms with E-state index in [1.54, 1.807) is 14.2 Å². The molecule has 132 valence electrons. The summed E-state index contributed by atoms with van der Waals surface area (Å²) in [5.74, 6) is 2.29. The van der Waals surface area contributed by atoms with Crippen molar-refractivity contribution in [1.29, 1.82) is 0 Å². The third-order valence-electron chi connectivity index (χ3n) is 4.61. The number of methoxy groups -OCH3 is 1. The second kappa shape index (κ2) is 7.75. The van der Waals surface area contributed by atoms with Crippen molar-refractivity contribution in [3.63, 3.8) is 0 Å². The smallest absolute Gasteiger partial charge is 0.191 e. The zero-order valence-electron chi connectivity index (χ0n) is 14.6. The maximum absolute atomic E-state index is 5.96. The van der Waals surface area contributed by atoms with Gasteiger partial charge in [0.15, 0.2) is 17.5 Å². The van der Waals surface area contributed by atoms with Crippen LogP contribution in [0.1, 0.15) is 26.2 Å². The summed E-state index contributed by atoms with van der Waals surface area (Å²) in [5.41, 5.74) is 0. The van der Waals surface area contributed by atoms with Gasteiger partial charge in [-0.1, -0.05) is 12.1 Å². The second-order valence-corrected chi connectivity index (χ2v) is 6.39. The standard InChI is InChI=1S/C18H27N3O3/c1-12(23-17-7-5-4-6-16(17)22-3)11-20-18(19-2)21-14-10-13-8-9-15(14)24-13/h4-7,12-15H,8-11H2,1-3H3,(H2,19,20,21). The van der Waals surface area contributed by atoms with E-state index in [1.807, 2.05) is 31.2 Å². The Hall–Kier alpha value is -1.95. The van der Waals surface area contributed by atoms with Gasteiger partial charge in [0.2, 0.25) is 0 Å². The van der Waals surface area contributed by atoms with E-state index < -0.39 is 0 Å². The van der Waals surface area contributed by atoms with Crippen LogP contribution in [0.4, 0.5) is 0 Å². The first-order chi connectivity index (χ1) is 11.7. The molecule has 24 heavy (non-hydrogen) atoms. The number of nitrogens with one attached hydrogen (secondary N) is 2. The topological polar surface area (TPSA) is 64.1 Å². The molecular weight excluding hydrogens is 306 g/mol. The summed E-state index contributed by atoms with van der Waals surface area (Å²) in [6, 6.07) is 8.03. The van der Waals surface area contributed by atoms with Crippen LogP contribution < -0.4 is 20.1 Å². The minimum absolute atomic E-state index is 0.0175. The number of fused-ring (bicyclic) bond motifs is 2. The average Bonchev–Trinajstić information content (AvgIpc) is 3.22. The van der Waals surface area contributed by atoms with Crippen LogP contribution >= 0.6 is 0 Å². The summed E-state index contributed by atoms with van der Waals surface area (Å²) in [6.45, 7) is 2.67. The van der Waals surface area contributed by atoms with Crippen LogP contribution in [-0.4, -0.2) is 51.0 Å². The zero-order valence-corrected chi connectivity index (χ0v) is 14.6. The molecule has 2 bridgehead atoms. The summed E-state index contributed by atoms with van der Waals surface area (Å²) >= 11 is 0. The fraction of sp³-hybridized carbons (Fsp3) is 0.611. The molecule has 2 aliphatic heterocycles. The maximum atomic E-state index is 5.96. The normalized spacial score (nSPS) is 27.0. The van der Waals surface area contributed by atoms with Crippen molar-refractivity contribution in [3.8, 4) is 11.5 Å². The van der Waals surface area contributed by atoms with Crippen molar-refractivity contribution in [2.24, 2.45) is 4.99 Å². The molecule has 6 heteroatoms. The van der Waals surface area contributed by atoms with E-state index in [-0.39, 0.29) is 6.10 Å². The van der Waals surface area contributed by atoms with E-state index in [4.69, 9.17) is 14.2 Å². The van der Waals surface area contributed by atoms with Gasteiger partial charge in [0.25, 0.3) is 0 Å². The number of nitrogens with zero attached hydrogens (tertiary/aromatic N) is 1. The molecule has 4 atom stereocenters. The van der Waals surface area contributed by atoms with Gasteiger partial charge < -0.3 is 24.8 Å². The highest BCUT2D eigenvalue weighted by atomic mass is 16.5. The fourth-order valence-electron chi connectivity index (χ4n) is 3.37. The lowest BCUT2D eigenvalue weighted by Gasteiger charge is -2.24. The van der Waals surface area contributed by atoms with E-state index in [9.17, 15) is 0 Å². The van der Waals surface area contributed by atoms with Crippen LogP contribution in [0.5, 0.6) is 11.5 Å². The van der Waals surface area contributed by atoms with Gasteiger partial charge >= 0.3 is 0 Å². The van der Waals surface area contributed by atoms with Crippen LogP contribution in [0.3, 0.4) is 0 Å². The SMILES string of the molecule is CN=C(NCC(C)Oc1ccccc1OC)NC1CC2CCC1O2. The molecule has 6 nitrogen and oxygen atoms in total. The summed E-state index contributed by atoms with van der Waals surface area (Å²) in [7, 11) is 3.43. The monoisotopic (exact) mass is 333 g/mol. The third-order valence-corrected chi connectivity index (χ3v) is 4.61. The lowest BCUT2D eigenvalue weighted by molar-refractivity contribution is 0.0992. The molecule has 0 spiro atoms. The molecule has 0 aliphatic carbocycles. The Bertz CT molecular complexity index is 578. The Morgan fingerprint density at radius 3 is 2.75 bits per heavy atom. The maximum Gasteiger partial charge on any atom is 0.191 e. The number of rotatable bonds is 6. The third kappa shape index (κ3) is 3.93. The molecule has 4 unspecified atom stereocenters. The minimum atomic E-state index is -0.0175. The molecule has 2 aliphatic rings. The van der Waals surface area contributed by atoms with Crippen molar-refractivity contribution in [2.75, 3.05) is 20.7 Å². The second-order valence-electron chi connectivity index (χ2n) is 6.39. The number of hydrogen-bond donors (Lipinski definition) is 2. The Labute approximate surface area is 143 Å². The molecule has 0 aromatic heterocycles. The van der Waals surface area contributed by atoms with E-state index >= 15 is 0 Å². The highest BCUT2D eigenvalue weighted by Crippen LogP contribution is 2.34. The highest BCUT2D eigenvalue weighted by Gasteiger charge is 2.41. The molecule has 1 aromatic carbocycles. The zero-order chi connectivity index (χ0) is 16.9. The number of ether oxygens (including phenoxy) is 3. The Balaban J connectivity index is 1.46. The minimum Gasteiger partial charge on any atom is -0.493 e. The van der Waals surface area contributed by atoms with E-state index in [1.165, 1.54) is 6.42 Å². The van der Waals surface area contributed by atoms with Crippen molar-refractivity contribution in [2.45, 2.75) is 50.5 Å². The van der Waals surface area contributed by atoms with Gasteiger partial charge in [0, 0.05) is 7.05 Å². The van der Waals surface area contributed by atoms with Gasteiger partial charge in [-0.2, -0.15) is 0 Å². The van der Waals surface area contributed by atoms with Crippen LogP contribution in [-0.2, 0) is 4.74 Å². The molecule has 1 aromatic rings. The molecule has 3 rings (SSSR count). The van der Waals surface area contributed by atoms with Crippen LogP contribution in [0.25, 0.3) is 0 Å². The lowest BCUT2D eigenvalue weighted by Crippen LogP contribution is -2.49. The molecule has 2 heterocycles. The van der Waals surface area contributed by atoms with Gasteiger partial charge in [0.1, 0.15) is 6.10 Å². The quantitative estimate of drug-likeness (QED) is 0.615. The predicted molar refractivity (Wildman–Crippen MR) is 93.9 cm³/mol. The molecule has 0 amide bonds. The molecule has 2 N–H and O–H groups in total. The van der Waals surface area contributed by atoms with E-state index in [2.05, 4.69) is 15.6 Å². The van der Waals surface area contributed by atoms with E-state index in [0.717, 1.165) is 30.3 Å². The number of para-hydroxylation sites is 2. The number of guanidine groups is 1. The summed E-state index contributed by atoms with van der Waals surface area (Å²) < 4.78 is 17.1. The molecule has 2 saturated heterocycles. The van der Waals surface area contributed by atoms with Crippen LogP contribution in [0.2, 0.25) is 0 Å². The molecule has 2 fully saturated rings. The van der Waals surface area contributed by atoms with Crippen molar-refractivity contribution in [1.82, 2.24) is 10.6 Å². The molecule has 0 saturated carbocycles. The summed E-state index contributed by atoms with van der Waals surface area (Å²) in [4.78, 5) is 4.31. The Kier molecular flexibility index (Phi) is 5.45. The Morgan fingerprint density at radius 2 is 2.12 bits per heavy atom. The average molecular weight is 333 g/mol. The van der Waals surface area contributed by atoms with Gasteiger partial charge in [-0.3, -0.25) is 4.99 Å². The van der Waals surface area contributed by atoms with Crippen LogP contribution in [0, 0.1) is 0 Å². The van der Waals surface area contributed by atoms with Gasteiger partial charge in [-0.05, 0) is 38.3 Å². The summed E-state index contributed by atoms with van der Waals surface area (Å²) in [6.07, 6.45) is 4.15. The van der Waals surface area contributed by atoms with Crippen LogP contribution in [0.15, 0.2) is 29.3 Å². The molecular formula is C18H27N3O3. The van der Waals surface area contributed by atoms with Crippen molar-refractivity contribution in [3.05, 3.63) is 24.3 Å². The Morgan fingerprint density at radius 1 is 1.33 bits per heavy atom. The van der Waals surface area contributed by atoms with E-state index in [0.29, 0.717) is 24.8 Å². The van der Waals surface area contributed by atoms with Crippen molar-refractivity contribution >= 4 is 5.96 Å². The van der Waals surface area contributed by atoms with Gasteiger partial charge in [0.05, 0.1) is 31.9 Å². The first-order valence-corrected chi connectivity index (χ1v) is 8.62. The fourth-order valence-corrected chi connectivity index (χ4v) is 3.37. The highest BCUT2D eigenvalue weighted by molar-refractivity contribution is 5.80. The number of benzene rings is 1. The first-order valence-electron chi connectivity index (χ1n) is 8.62. The number of hydrogen-bond acceptors (Lipinski definition) is 4. The largest absolute Gasteiger partial charge is 0.493 e. The van der Waals surface area contributed by atoms with Gasteiger partial charge in [-0.15, -0.1) is 0 Å². The first kappa shape index (κ1) is 16.9. The molecule has 0 radical (unpaired) electrons. The number of aliphatic imine (C=N–C) groups is 1. The lowest BCUT2D eigenvalue weighted by atomic mass is 9.96. The van der Waals surface area contributed by atoms with Crippen molar-refractivity contribution < 1.29 is 14.2 Å². The summed E-state index contributed by atoms with van der Waals surface area (Å²) in [5, 5.41) is 6.80.